The fraction of sp³-hybridized carbons (Fsp3) is 0. The van der Waals surface area contributed by atoms with Crippen molar-refractivity contribution in [2.24, 2.45) is 0 Å². The molecule has 3 heteroatoms. The molecule has 2 heterocycles. The number of rotatable bonds is 6. The molecule has 0 radical (unpaired) electrons. The third-order valence-electron chi connectivity index (χ3n) is 9.20. The summed E-state index contributed by atoms with van der Waals surface area (Å²) in [5, 5.41) is 5.08. The van der Waals surface area contributed by atoms with Gasteiger partial charge in [0.25, 0.3) is 0 Å². The highest BCUT2D eigenvalue weighted by molar-refractivity contribution is 6.13. The topological polar surface area (TPSA) is 20.5 Å². The molecule has 9 rings (SSSR count). The Morgan fingerprint density at radius 2 is 0.979 bits per heavy atom. The van der Waals surface area contributed by atoms with E-state index >= 15 is 0 Å². The Kier molecular flexibility index (Phi) is 6.80. The van der Waals surface area contributed by atoms with E-state index in [2.05, 4.69) is 191 Å². The number of hydrogen-bond donors (Lipinski definition) is 0. The summed E-state index contributed by atoms with van der Waals surface area (Å²) in [6.07, 6.45) is 2.09. The van der Waals surface area contributed by atoms with Gasteiger partial charge < -0.3 is 4.90 Å². The lowest BCUT2D eigenvalue weighted by Gasteiger charge is -2.26. The SMILES string of the molecule is c1ccc(-c2c(-c3ccc(N(c4ccccc4)c4ccc(-c5cc6ccccc6c6ccccc56)cc4)cc3)nc3ccccn23)cc1. The monoisotopic (exact) mass is 613 g/mol. The van der Waals surface area contributed by atoms with Gasteiger partial charge in [-0.2, -0.15) is 0 Å². The first-order valence-corrected chi connectivity index (χ1v) is 16.3. The molecular weight excluding hydrogens is 583 g/mol. The molecule has 0 unspecified atom stereocenters. The minimum absolute atomic E-state index is 0.931. The highest BCUT2D eigenvalue weighted by atomic mass is 15.1. The van der Waals surface area contributed by atoms with Crippen molar-refractivity contribution in [1.82, 2.24) is 9.38 Å². The van der Waals surface area contributed by atoms with Gasteiger partial charge in [-0.1, -0.05) is 127 Å². The Bertz CT molecular complexity index is 2530. The molecule has 0 aliphatic carbocycles. The second-order valence-corrected chi connectivity index (χ2v) is 12.1. The van der Waals surface area contributed by atoms with Crippen LogP contribution in [0.5, 0.6) is 0 Å². The summed E-state index contributed by atoms with van der Waals surface area (Å²) in [7, 11) is 0. The zero-order valence-corrected chi connectivity index (χ0v) is 26.2. The molecule has 7 aromatic carbocycles. The van der Waals surface area contributed by atoms with Crippen molar-refractivity contribution in [3.63, 3.8) is 0 Å². The third-order valence-corrected chi connectivity index (χ3v) is 9.20. The number of fused-ring (bicyclic) bond motifs is 4. The fourth-order valence-corrected chi connectivity index (χ4v) is 6.94. The summed E-state index contributed by atoms with van der Waals surface area (Å²) in [6.45, 7) is 0. The number of pyridine rings is 1. The summed E-state index contributed by atoms with van der Waals surface area (Å²) in [4.78, 5) is 7.39. The zero-order valence-electron chi connectivity index (χ0n) is 26.2. The number of anilines is 3. The van der Waals surface area contributed by atoms with Crippen molar-refractivity contribution < 1.29 is 0 Å². The first-order valence-electron chi connectivity index (χ1n) is 16.3. The van der Waals surface area contributed by atoms with Crippen molar-refractivity contribution >= 4 is 44.3 Å². The van der Waals surface area contributed by atoms with Gasteiger partial charge in [0.1, 0.15) is 5.65 Å². The van der Waals surface area contributed by atoms with E-state index in [-0.39, 0.29) is 0 Å². The number of nitrogens with zero attached hydrogens (tertiary/aromatic N) is 3. The van der Waals surface area contributed by atoms with E-state index < -0.39 is 0 Å². The summed E-state index contributed by atoms with van der Waals surface area (Å²) in [5.74, 6) is 0. The molecular formula is C45H31N3. The highest BCUT2D eigenvalue weighted by Gasteiger charge is 2.18. The van der Waals surface area contributed by atoms with Crippen LogP contribution in [0.4, 0.5) is 17.1 Å². The molecule has 3 nitrogen and oxygen atoms in total. The smallest absolute Gasteiger partial charge is 0.137 e. The van der Waals surface area contributed by atoms with E-state index in [1.807, 2.05) is 6.07 Å². The van der Waals surface area contributed by atoms with Gasteiger partial charge in [-0.25, -0.2) is 4.98 Å². The quantitative estimate of drug-likeness (QED) is 0.174. The van der Waals surface area contributed by atoms with Gasteiger partial charge in [-0.15, -0.1) is 0 Å². The minimum Gasteiger partial charge on any atom is -0.311 e. The minimum atomic E-state index is 0.931. The molecule has 0 aliphatic rings. The van der Waals surface area contributed by atoms with Gasteiger partial charge >= 0.3 is 0 Å². The Balaban J connectivity index is 1.12. The van der Waals surface area contributed by atoms with Crippen molar-refractivity contribution in [2.75, 3.05) is 4.90 Å². The predicted molar refractivity (Wildman–Crippen MR) is 201 cm³/mol. The van der Waals surface area contributed by atoms with Gasteiger partial charge in [0, 0.05) is 34.4 Å². The zero-order chi connectivity index (χ0) is 31.9. The van der Waals surface area contributed by atoms with Crippen LogP contribution in [0.2, 0.25) is 0 Å². The molecule has 2 aromatic heterocycles. The maximum absolute atomic E-state index is 5.08. The van der Waals surface area contributed by atoms with Crippen LogP contribution in [-0.4, -0.2) is 9.38 Å². The number of aromatic nitrogens is 2. The number of hydrogen-bond acceptors (Lipinski definition) is 2. The summed E-state index contributed by atoms with van der Waals surface area (Å²) < 4.78 is 2.18. The first-order chi connectivity index (χ1) is 23.8. The predicted octanol–water partition coefficient (Wildman–Crippen LogP) is 12.1. The van der Waals surface area contributed by atoms with E-state index in [1.165, 1.54) is 32.7 Å². The summed E-state index contributed by atoms with van der Waals surface area (Å²) in [6, 6.07) is 64.7. The second kappa shape index (κ2) is 11.7. The van der Waals surface area contributed by atoms with Crippen LogP contribution in [-0.2, 0) is 0 Å². The summed E-state index contributed by atoms with van der Waals surface area (Å²) >= 11 is 0. The maximum Gasteiger partial charge on any atom is 0.137 e. The molecule has 0 amide bonds. The van der Waals surface area contributed by atoms with Crippen molar-refractivity contribution in [1.29, 1.82) is 0 Å². The molecule has 0 aliphatic heterocycles. The summed E-state index contributed by atoms with van der Waals surface area (Å²) in [5.41, 5.74) is 10.9. The van der Waals surface area contributed by atoms with Gasteiger partial charge in [-0.05, 0) is 87.3 Å². The molecule has 0 bridgehead atoms. The van der Waals surface area contributed by atoms with Gasteiger partial charge in [0.05, 0.1) is 11.4 Å². The fourth-order valence-electron chi connectivity index (χ4n) is 6.94. The highest BCUT2D eigenvalue weighted by Crippen LogP contribution is 2.40. The molecule has 0 spiro atoms. The van der Waals surface area contributed by atoms with Crippen LogP contribution in [0.3, 0.4) is 0 Å². The molecule has 9 aromatic rings. The van der Waals surface area contributed by atoms with Crippen molar-refractivity contribution in [2.45, 2.75) is 0 Å². The molecule has 48 heavy (non-hydrogen) atoms. The van der Waals surface area contributed by atoms with E-state index in [9.17, 15) is 0 Å². The first kappa shape index (κ1) is 27.8. The van der Waals surface area contributed by atoms with Crippen molar-refractivity contribution in [3.8, 4) is 33.6 Å². The van der Waals surface area contributed by atoms with Gasteiger partial charge in [-0.3, -0.25) is 4.40 Å². The van der Waals surface area contributed by atoms with Crippen LogP contribution >= 0.6 is 0 Å². The van der Waals surface area contributed by atoms with Crippen molar-refractivity contribution in [3.05, 3.63) is 188 Å². The Morgan fingerprint density at radius 1 is 0.417 bits per heavy atom. The Morgan fingerprint density at radius 3 is 1.71 bits per heavy atom. The average Bonchev–Trinajstić information content (AvgIpc) is 3.56. The van der Waals surface area contributed by atoms with Crippen LogP contribution < -0.4 is 4.90 Å². The van der Waals surface area contributed by atoms with Crippen LogP contribution in [0, 0.1) is 0 Å². The van der Waals surface area contributed by atoms with E-state index in [4.69, 9.17) is 4.98 Å². The van der Waals surface area contributed by atoms with E-state index in [0.717, 1.165) is 45.2 Å². The van der Waals surface area contributed by atoms with Crippen LogP contribution in [0.15, 0.2) is 188 Å². The molecule has 0 N–H and O–H groups in total. The van der Waals surface area contributed by atoms with E-state index in [0.29, 0.717) is 0 Å². The largest absolute Gasteiger partial charge is 0.311 e. The normalized spacial score (nSPS) is 11.3. The number of benzene rings is 7. The molecule has 0 fully saturated rings. The molecule has 226 valence electrons. The van der Waals surface area contributed by atoms with Crippen LogP contribution in [0.1, 0.15) is 0 Å². The van der Waals surface area contributed by atoms with Gasteiger partial charge in [0.2, 0.25) is 0 Å². The molecule has 0 atom stereocenters. The number of imidazole rings is 1. The van der Waals surface area contributed by atoms with Gasteiger partial charge in [0.15, 0.2) is 0 Å². The lowest BCUT2D eigenvalue weighted by Crippen LogP contribution is -2.09. The average molecular weight is 614 g/mol. The lowest BCUT2D eigenvalue weighted by molar-refractivity contribution is 1.19. The Hall–Kier alpha value is -6.45. The second-order valence-electron chi connectivity index (χ2n) is 12.1. The number of para-hydroxylation sites is 1. The third kappa shape index (κ3) is 4.81. The lowest BCUT2D eigenvalue weighted by atomic mass is 9.93. The van der Waals surface area contributed by atoms with Crippen LogP contribution in [0.25, 0.3) is 60.8 Å². The maximum atomic E-state index is 5.08. The van der Waals surface area contributed by atoms with E-state index in [1.54, 1.807) is 0 Å². The molecule has 0 saturated heterocycles. The Labute approximate surface area is 279 Å². The standard InChI is InChI=1S/C45H31N3/c1-3-13-34(14-4-1)45-44(46-43-21-11-12-30-47(43)45)33-24-28-38(29-25-33)48(36-16-5-2-6-17-36)37-26-22-32(23-27-37)42-31-35-15-7-8-18-39(35)40-19-9-10-20-41(40)42/h1-31H. The molecule has 0 saturated carbocycles.